The molecule has 0 spiro atoms. The maximum Gasteiger partial charge on any atom is 0.344 e. The minimum Gasteiger partial charge on any atom is -0.423 e. The van der Waals surface area contributed by atoms with Gasteiger partial charge in [-0.2, -0.15) is 0 Å². The largest absolute Gasteiger partial charge is 0.423 e. The summed E-state index contributed by atoms with van der Waals surface area (Å²) in [5, 5.41) is 0.855. The summed E-state index contributed by atoms with van der Waals surface area (Å²) in [5.41, 5.74) is 0.922. The lowest BCUT2D eigenvalue weighted by atomic mass is 10.1. The molecule has 3 rings (SSSR count). The van der Waals surface area contributed by atoms with E-state index in [1.165, 1.54) is 30.3 Å². The molecule has 0 saturated carbocycles. The highest BCUT2D eigenvalue weighted by atomic mass is 35.5. The molecule has 0 radical (unpaired) electrons. The molecule has 0 aliphatic rings. The highest BCUT2D eigenvalue weighted by Crippen LogP contribution is 2.22. The van der Waals surface area contributed by atoms with Gasteiger partial charge in [0.2, 0.25) is 0 Å². The highest BCUT2D eigenvalue weighted by molar-refractivity contribution is 6.30. The van der Waals surface area contributed by atoms with Crippen LogP contribution < -0.4 is 4.74 Å². The number of benzene rings is 2. The Morgan fingerprint density at radius 1 is 1.10 bits per heavy atom. The molecule has 5 heteroatoms. The Morgan fingerprint density at radius 2 is 1.81 bits per heavy atom. The molecule has 1 aromatic heterocycles. The maximum absolute atomic E-state index is 12.8. The molecular weight excluding hydrogens is 293 g/mol. The lowest BCUT2D eigenvalue weighted by molar-refractivity contribution is 0.0736. The number of halogens is 2. The van der Waals surface area contributed by atoms with Crippen LogP contribution in [0.3, 0.4) is 0 Å². The molecular formula is C16H9ClFNO2. The predicted octanol–water partition coefficient (Wildman–Crippen LogP) is 4.25. The summed E-state index contributed by atoms with van der Waals surface area (Å²) in [6.45, 7) is 0. The zero-order valence-electron chi connectivity index (χ0n) is 10.7. The van der Waals surface area contributed by atoms with E-state index in [2.05, 4.69) is 4.98 Å². The Balaban J connectivity index is 1.99. The molecule has 3 nitrogen and oxygen atoms in total. The van der Waals surface area contributed by atoms with Crippen LogP contribution in [0.5, 0.6) is 5.75 Å². The van der Waals surface area contributed by atoms with Crippen LogP contribution in [-0.4, -0.2) is 11.0 Å². The van der Waals surface area contributed by atoms with E-state index in [9.17, 15) is 9.18 Å². The van der Waals surface area contributed by atoms with Crippen molar-refractivity contribution in [1.82, 2.24) is 4.98 Å². The molecule has 0 fully saturated rings. The number of esters is 1. The van der Waals surface area contributed by atoms with Crippen molar-refractivity contribution in [1.29, 1.82) is 0 Å². The quantitative estimate of drug-likeness (QED) is 0.403. The third kappa shape index (κ3) is 2.85. The fraction of sp³-hybridized carbons (Fsp3) is 0. The van der Waals surface area contributed by atoms with Gasteiger partial charge in [0.25, 0.3) is 0 Å². The van der Waals surface area contributed by atoms with Crippen molar-refractivity contribution in [3.8, 4) is 5.75 Å². The SMILES string of the molecule is O=C(Oc1ccc(F)cc1)c1cc(Cl)nc2ccccc12. The molecule has 0 aliphatic carbocycles. The van der Waals surface area contributed by atoms with Gasteiger partial charge in [0, 0.05) is 5.39 Å². The number of para-hydroxylation sites is 1. The minimum absolute atomic E-state index is 0.208. The van der Waals surface area contributed by atoms with Crippen molar-refractivity contribution in [3.05, 3.63) is 71.1 Å². The number of fused-ring (bicyclic) bond motifs is 1. The summed E-state index contributed by atoms with van der Waals surface area (Å²) in [6.07, 6.45) is 0. The summed E-state index contributed by atoms with van der Waals surface area (Å²) in [6, 6.07) is 13.8. The second kappa shape index (κ2) is 5.50. The molecule has 21 heavy (non-hydrogen) atoms. The van der Waals surface area contributed by atoms with E-state index in [1.54, 1.807) is 24.3 Å². The zero-order valence-corrected chi connectivity index (χ0v) is 11.5. The Kier molecular flexibility index (Phi) is 3.54. The van der Waals surface area contributed by atoms with Crippen molar-refractivity contribution in [2.45, 2.75) is 0 Å². The molecule has 2 aromatic carbocycles. The molecule has 1 heterocycles. The van der Waals surface area contributed by atoms with Crippen LogP contribution in [0.4, 0.5) is 4.39 Å². The van der Waals surface area contributed by atoms with Crippen molar-refractivity contribution in [2.75, 3.05) is 0 Å². The number of rotatable bonds is 2. The van der Waals surface area contributed by atoms with Crippen LogP contribution in [0, 0.1) is 5.82 Å². The van der Waals surface area contributed by atoms with Gasteiger partial charge in [-0.3, -0.25) is 0 Å². The number of pyridine rings is 1. The topological polar surface area (TPSA) is 39.2 Å². The zero-order chi connectivity index (χ0) is 14.8. The Labute approximate surface area is 124 Å². The Hall–Kier alpha value is -2.46. The monoisotopic (exact) mass is 301 g/mol. The smallest absolute Gasteiger partial charge is 0.344 e. The number of ether oxygens (including phenoxy) is 1. The molecule has 0 aliphatic heterocycles. The summed E-state index contributed by atoms with van der Waals surface area (Å²) < 4.78 is 18.1. The fourth-order valence-corrected chi connectivity index (χ4v) is 2.18. The second-order valence-electron chi connectivity index (χ2n) is 4.35. The van der Waals surface area contributed by atoms with Gasteiger partial charge in [-0.25, -0.2) is 14.2 Å². The molecule has 0 unspecified atom stereocenters. The average molecular weight is 302 g/mol. The number of carbonyl (C=O) groups is 1. The van der Waals surface area contributed by atoms with Gasteiger partial charge in [-0.15, -0.1) is 0 Å². The van der Waals surface area contributed by atoms with E-state index >= 15 is 0 Å². The van der Waals surface area contributed by atoms with Gasteiger partial charge in [-0.1, -0.05) is 29.8 Å². The van der Waals surface area contributed by atoms with E-state index in [1.807, 2.05) is 0 Å². The predicted molar refractivity (Wildman–Crippen MR) is 78.1 cm³/mol. The van der Waals surface area contributed by atoms with Gasteiger partial charge in [0.05, 0.1) is 11.1 Å². The third-order valence-corrected chi connectivity index (χ3v) is 3.12. The lowest BCUT2D eigenvalue weighted by Crippen LogP contribution is -2.09. The first-order valence-electron chi connectivity index (χ1n) is 6.16. The van der Waals surface area contributed by atoms with Gasteiger partial charge in [0.1, 0.15) is 16.7 Å². The van der Waals surface area contributed by atoms with Crippen molar-refractivity contribution in [2.24, 2.45) is 0 Å². The molecule has 3 aromatic rings. The summed E-state index contributed by atoms with van der Waals surface area (Å²) in [4.78, 5) is 16.4. The highest BCUT2D eigenvalue weighted by Gasteiger charge is 2.14. The van der Waals surface area contributed by atoms with Crippen LogP contribution in [-0.2, 0) is 0 Å². The summed E-state index contributed by atoms with van der Waals surface area (Å²) in [7, 11) is 0. The normalized spacial score (nSPS) is 10.6. The fourth-order valence-electron chi connectivity index (χ4n) is 1.98. The first-order chi connectivity index (χ1) is 10.1. The van der Waals surface area contributed by atoms with Gasteiger partial charge in [0.15, 0.2) is 0 Å². The molecule has 0 N–H and O–H groups in total. The number of carbonyl (C=O) groups excluding carboxylic acids is 1. The van der Waals surface area contributed by atoms with Gasteiger partial charge >= 0.3 is 5.97 Å². The first kappa shape index (κ1) is 13.5. The van der Waals surface area contributed by atoms with Crippen LogP contribution >= 0.6 is 11.6 Å². The molecule has 104 valence electrons. The van der Waals surface area contributed by atoms with Crippen molar-refractivity contribution >= 4 is 28.5 Å². The van der Waals surface area contributed by atoms with Crippen LogP contribution in [0.1, 0.15) is 10.4 Å². The van der Waals surface area contributed by atoms with E-state index in [0.717, 1.165) is 0 Å². The standard InChI is InChI=1S/C16H9ClFNO2/c17-15-9-13(12-3-1-2-4-14(12)19-15)16(20)21-11-7-5-10(18)6-8-11/h1-9H. The molecule has 0 amide bonds. The molecule has 0 saturated heterocycles. The second-order valence-corrected chi connectivity index (χ2v) is 4.74. The van der Waals surface area contributed by atoms with E-state index in [-0.39, 0.29) is 10.9 Å². The average Bonchev–Trinajstić information content (AvgIpc) is 2.48. The third-order valence-electron chi connectivity index (χ3n) is 2.93. The van der Waals surface area contributed by atoms with E-state index in [0.29, 0.717) is 16.5 Å². The number of hydrogen-bond donors (Lipinski definition) is 0. The Bertz CT molecular complexity index is 818. The maximum atomic E-state index is 12.8. The summed E-state index contributed by atoms with van der Waals surface area (Å²) in [5.74, 6) is -0.701. The minimum atomic E-state index is -0.567. The van der Waals surface area contributed by atoms with E-state index in [4.69, 9.17) is 16.3 Å². The van der Waals surface area contributed by atoms with Crippen LogP contribution in [0.2, 0.25) is 5.15 Å². The van der Waals surface area contributed by atoms with Gasteiger partial charge in [-0.05, 0) is 36.4 Å². The van der Waals surface area contributed by atoms with E-state index < -0.39 is 11.8 Å². The van der Waals surface area contributed by atoms with Crippen LogP contribution in [0.25, 0.3) is 10.9 Å². The first-order valence-corrected chi connectivity index (χ1v) is 6.54. The van der Waals surface area contributed by atoms with Crippen LogP contribution in [0.15, 0.2) is 54.6 Å². The lowest BCUT2D eigenvalue weighted by Gasteiger charge is -2.07. The number of aromatic nitrogens is 1. The van der Waals surface area contributed by atoms with Crippen molar-refractivity contribution in [3.63, 3.8) is 0 Å². The van der Waals surface area contributed by atoms with Gasteiger partial charge < -0.3 is 4.74 Å². The molecule has 0 atom stereocenters. The number of hydrogen-bond acceptors (Lipinski definition) is 3. The number of nitrogens with zero attached hydrogens (tertiary/aromatic N) is 1. The Morgan fingerprint density at radius 3 is 2.57 bits per heavy atom. The van der Waals surface area contributed by atoms with Crippen molar-refractivity contribution < 1.29 is 13.9 Å². The summed E-state index contributed by atoms with van der Waals surface area (Å²) >= 11 is 5.92. The molecule has 0 bridgehead atoms.